The second-order valence-corrected chi connectivity index (χ2v) is 12.3. The van der Waals surface area contributed by atoms with Gasteiger partial charge < -0.3 is 28.8 Å². The Bertz CT molecular complexity index is 2010. The van der Waals surface area contributed by atoms with E-state index in [0.29, 0.717) is 17.9 Å². The summed E-state index contributed by atoms with van der Waals surface area (Å²) >= 11 is 6.63. The number of ether oxygens (including phenoxy) is 4. The van der Waals surface area contributed by atoms with Crippen LogP contribution in [-0.4, -0.2) is 49.0 Å². The number of hydrogen-bond acceptors (Lipinski definition) is 9. The van der Waals surface area contributed by atoms with Crippen LogP contribution in [0, 0.1) is 5.92 Å². The van der Waals surface area contributed by atoms with Crippen LogP contribution in [0.2, 0.25) is 5.02 Å². The van der Waals surface area contributed by atoms with Crippen molar-refractivity contribution in [3.63, 3.8) is 0 Å². The first-order chi connectivity index (χ1) is 21.6. The normalized spacial score (nSPS) is 23.5. The summed E-state index contributed by atoms with van der Waals surface area (Å²) in [6, 6.07) is 9.10. The third-order valence-electron chi connectivity index (χ3n) is 9.62. The number of halogens is 1. The topological polar surface area (TPSA) is 122 Å². The average molecular weight is 631 g/mol. The number of aryl methyl sites for hydroxylation is 2. The molecule has 1 aliphatic carbocycles. The predicted octanol–water partition coefficient (Wildman–Crippen LogP) is 4.63. The average Bonchev–Trinajstić information content (AvgIpc) is 3.35. The number of rotatable bonds is 4. The zero-order chi connectivity index (χ0) is 31.9. The Morgan fingerprint density at radius 1 is 1.09 bits per heavy atom. The van der Waals surface area contributed by atoms with Gasteiger partial charge in [-0.2, -0.15) is 0 Å². The van der Waals surface area contributed by atoms with Crippen molar-refractivity contribution in [3.05, 3.63) is 84.9 Å². The van der Waals surface area contributed by atoms with Crippen LogP contribution in [0.1, 0.15) is 54.1 Å². The summed E-state index contributed by atoms with van der Waals surface area (Å²) in [5.74, 6) is -3.38. The Labute approximate surface area is 263 Å². The van der Waals surface area contributed by atoms with Gasteiger partial charge in [-0.3, -0.25) is 14.4 Å². The molecule has 45 heavy (non-hydrogen) atoms. The Morgan fingerprint density at radius 3 is 2.56 bits per heavy atom. The molecule has 0 saturated heterocycles. The second kappa shape index (κ2) is 10.2. The number of methoxy groups -OCH3 is 3. The molecule has 0 unspecified atom stereocenters. The van der Waals surface area contributed by atoms with E-state index in [0.717, 1.165) is 29.3 Å². The van der Waals surface area contributed by atoms with Gasteiger partial charge in [-0.25, -0.2) is 4.79 Å². The third-order valence-corrected chi connectivity index (χ3v) is 9.98. The molecule has 0 saturated carbocycles. The lowest BCUT2D eigenvalue weighted by atomic mass is 9.65. The van der Waals surface area contributed by atoms with Crippen molar-refractivity contribution in [1.82, 2.24) is 9.88 Å². The quantitative estimate of drug-likeness (QED) is 0.325. The van der Waals surface area contributed by atoms with E-state index in [1.165, 1.54) is 27.4 Å². The van der Waals surface area contributed by atoms with Gasteiger partial charge in [0, 0.05) is 41.1 Å². The number of carbonyl (C=O) groups is 3. The molecule has 1 N–H and O–H groups in total. The standard InChI is InChI=1S/C34H31ClN2O8/c1-15-12-20-25(30(38)34(15)31(39)26-21(42-3)14-22(43-4)27(35)29(26)45-34)24(23(16(2)36-20)33(41)44-5)19-13-18-9-6-8-17-10-7-11-37(28(17)18)32(19)40/h6,8-9,13-15,24,36H,7,10-12H2,1-5H3/t15-,24-,34+/m1/s1. The van der Waals surface area contributed by atoms with E-state index in [9.17, 15) is 14.4 Å². The molecule has 3 aromatic rings. The van der Waals surface area contributed by atoms with Gasteiger partial charge in [0.05, 0.1) is 38.3 Å². The molecule has 1 spiro atoms. The first-order valence-electron chi connectivity index (χ1n) is 14.8. The Kier molecular flexibility index (Phi) is 6.63. The Balaban J connectivity index is 1.47. The summed E-state index contributed by atoms with van der Waals surface area (Å²) in [5.41, 5.74) is 1.08. The molecule has 4 heterocycles. The molecule has 232 valence electrons. The highest BCUT2D eigenvalue weighted by Gasteiger charge is 2.64. The first-order valence-corrected chi connectivity index (χ1v) is 15.1. The van der Waals surface area contributed by atoms with Crippen LogP contribution in [0.3, 0.4) is 0 Å². The van der Waals surface area contributed by atoms with E-state index in [4.69, 9.17) is 30.5 Å². The maximum Gasteiger partial charge on any atom is 0.336 e. The highest BCUT2D eigenvalue weighted by molar-refractivity contribution is 6.36. The number of ketones is 2. The fraction of sp³-hybridized carbons (Fsp3) is 0.353. The van der Waals surface area contributed by atoms with Gasteiger partial charge in [-0.05, 0) is 43.2 Å². The van der Waals surface area contributed by atoms with Crippen molar-refractivity contribution < 1.29 is 33.3 Å². The SMILES string of the molecule is COC(=O)C1=C(C)NC2=C(C(=O)[C@@]3(Oc4c(Cl)c(OC)cc(OC)c4C3=O)[C@H](C)C2)[C@@H]1c1cc2cccc3c2n(c1=O)CCC3. The van der Waals surface area contributed by atoms with Crippen LogP contribution in [0.4, 0.5) is 0 Å². The molecule has 0 amide bonds. The fourth-order valence-electron chi connectivity index (χ4n) is 7.56. The summed E-state index contributed by atoms with van der Waals surface area (Å²) in [4.78, 5) is 57.3. The van der Waals surface area contributed by atoms with E-state index >= 15 is 4.79 Å². The lowest BCUT2D eigenvalue weighted by molar-refractivity contribution is -0.136. The first kappa shape index (κ1) is 29.2. The summed E-state index contributed by atoms with van der Waals surface area (Å²) < 4.78 is 24.2. The molecule has 4 aliphatic rings. The summed E-state index contributed by atoms with van der Waals surface area (Å²) in [5, 5.41) is 4.09. The van der Waals surface area contributed by atoms with Crippen molar-refractivity contribution in [2.45, 2.75) is 51.2 Å². The number of esters is 1. The smallest absolute Gasteiger partial charge is 0.336 e. The number of allylic oxidation sites excluding steroid dienone is 2. The number of Topliss-reactive ketones (excluding diaryl/α,β-unsaturated/α-hetero) is 2. The lowest BCUT2D eigenvalue weighted by Gasteiger charge is -2.42. The van der Waals surface area contributed by atoms with Crippen LogP contribution < -0.4 is 25.1 Å². The number of nitrogens with zero attached hydrogens (tertiary/aromatic N) is 1. The molecule has 1 aromatic heterocycles. The molecule has 11 heteroatoms. The fourth-order valence-corrected chi connectivity index (χ4v) is 7.82. The van der Waals surface area contributed by atoms with E-state index in [-0.39, 0.29) is 56.5 Å². The lowest BCUT2D eigenvalue weighted by Crippen LogP contribution is -2.58. The third kappa shape index (κ3) is 3.81. The number of hydrogen-bond donors (Lipinski definition) is 1. The summed E-state index contributed by atoms with van der Waals surface area (Å²) in [7, 11) is 4.07. The van der Waals surface area contributed by atoms with E-state index in [1.54, 1.807) is 24.5 Å². The minimum absolute atomic E-state index is 0.00918. The molecule has 3 aliphatic heterocycles. The van der Waals surface area contributed by atoms with Gasteiger partial charge in [-0.15, -0.1) is 0 Å². The molecule has 10 nitrogen and oxygen atoms in total. The zero-order valence-electron chi connectivity index (χ0n) is 25.5. The van der Waals surface area contributed by atoms with Crippen LogP contribution >= 0.6 is 11.6 Å². The molecule has 2 aromatic carbocycles. The van der Waals surface area contributed by atoms with E-state index < -0.39 is 35.0 Å². The second-order valence-electron chi connectivity index (χ2n) is 11.9. The van der Waals surface area contributed by atoms with Gasteiger partial charge in [-0.1, -0.05) is 36.7 Å². The maximum absolute atomic E-state index is 15.0. The van der Waals surface area contributed by atoms with Gasteiger partial charge in [0.25, 0.3) is 5.56 Å². The molecular weight excluding hydrogens is 600 g/mol. The number of dihydropyridines is 1. The largest absolute Gasteiger partial charge is 0.496 e. The van der Waals surface area contributed by atoms with Crippen molar-refractivity contribution >= 4 is 40.0 Å². The molecule has 0 radical (unpaired) electrons. The highest BCUT2D eigenvalue weighted by Crippen LogP contribution is 2.56. The number of para-hydroxylation sites is 1. The predicted molar refractivity (Wildman–Crippen MR) is 165 cm³/mol. The number of fused-ring (bicyclic) bond motifs is 1. The van der Waals surface area contributed by atoms with Gasteiger partial charge in [0.1, 0.15) is 22.1 Å². The number of carbonyl (C=O) groups excluding carboxylic acids is 3. The molecular formula is C34H31ClN2O8. The number of pyridine rings is 1. The monoisotopic (exact) mass is 630 g/mol. The van der Waals surface area contributed by atoms with Crippen molar-refractivity contribution in [2.75, 3.05) is 21.3 Å². The Hall–Kier alpha value is -4.57. The number of aromatic nitrogens is 1. The number of nitrogens with one attached hydrogen (secondary N) is 1. The van der Waals surface area contributed by atoms with Crippen molar-refractivity contribution in [2.24, 2.45) is 5.92 Å². The number of benzene rings is 2. The summed E-state index contributed by atoms with van der Waals surface area (Å²) in [6.07, 6.45) is 1.84. The van der Waals surface area contributed by atoms with Gasteiger partial charge in [0.2, 0.25) is 17.2 Å². The zero-order valence-corrected chi connectivity index (χ0v) is 26.2. The van der Waals surface area contributed by atoms with E-state index in [1.807, 2.05) is 18.2 Å². The van der Waals surface area contributed by atoms with Crippen LogP contribution in [0.5, 0.6) is 17.2 Å². The van der Waals surface area contributed by atoms with Gasteiger partial charge >= 0.3 is 5.97 Å². The van der Waals surface area contributed by atoms with Crippen molar-refractivity contribution in [1.29, 1.82) is 0 Å². The van der Waals surface area contributed by atoms with Crippen LogP contribution in [0.25, 0.3) is 10.9 Å². The summed E-state index contributed by atoms with van der Waals surface area (Å²) in [6.45, 7) is 3.97. The van der Waals surface area contributed by atoms with Gasteiger partial charge in [0.15, 0.2) is 5.75 Å². The minimum atomic E-state index is -2.02. The van der Waals surface area contributed by atoms with Crippen molar-refractivity contribution in [3.8, 4) is 17.2 Å². The molecule has 7 rings (SSSR count). The Morgan fingerprint density at radius 2 is 1.84 bits per heavy atom. The molecule has 3 atom stereocenters. The maximum atomic E-state index is 15.0. The van der Waals surface area contributed by atoms with Crippen LogP contribution in [0.15, 0.2) is 57.7 Å². The van der Waals surface area contributed by atoms with E-state index in [2.05, 4.69) is 5.32 Å². The molecule has 0 bridgehead atoms. The molecule has 0 fully saturated rings. The minimum Gasteiger partial charge on any atom is -0.496 e. The van der Waals surface area contributed by atoms with Crippen LogP contribution in [-0.2, 0) is 27.3 Å². The highest BCUT2D eigenvalue weighted by atomic mass is 35.5.